The van der Waals surface area contributed by atoms with Crippen molar-refractivity contribution < 1.29 is 23.9 Å². The maximum Gasteiger partial charge on any atom is 0.329 e. The summed E-state index contributed by atoms with van der Waals surface area (Å²) in [5, 5.41) is 7.20. The number of nitrogens with one attached hydrogen (secondary N) is 2. The number of benzene rings is 3. The topological polar surface area (TPSA) is 93.7 Å². The van der Waals surface area contributed by atoms with Crippen molar-refractivity contribution in [2.75, 3.05) is 12.4 Å². The zero-order valence-corrected chi connectivity index (χ0v) is 18.7. The number of anilines is 1. The van der Waals surface area contributed by atoms with Gasteiger partial charge >= 0.3 is 5.97 Å². The molecule has 2 N–H and O–H groups in total. The van der Waals surface area contributed by atoms with E-state index in [1.165, 1.54) is 19.9 Å². The molecule has 0 fully saturated rings. The summed E-state index contributed by atoms with van der Waals surface area (Å²) in [7, 11) is 1.58. The van der Waals surface area contributed by atoms with Gasteiger partial charge in [0.2, 0.25) is 5.91 Å². The first-order valence-electron chi connectivity index (χ1n) is 10.5. The minimum absolute atomic E-state index is 0.455. The van der Waals surface area contributed by atoms with Gasteiger partial charge in [0.25, 0.3) is 5.91 Å². The van der Waals surface area contributed by atoms with Crippen LogP contribution in [0.15, 0.2) is 72.8 Å². The van der Waals surface area contributed by atoms with Crippen molar-refractivity contribution >= 4 is 40.3 Å². The quantitative estimate of drug-likeness (QED) is 0.404. The maximum atomic E-state index is 12.5. The summed E-state index contributed by atoms with van der Waals surface area (Å²) in [6.45, 7) is 2.98. The number of ether oxygens (including phenoxy) is 2. The first-order valence-corrected chi connectivity index (χ1v) is 10.5. The van der Waals surface area contributed by atoms with Crippen molar-refractivity contribution in [3.63, 3.8) is 0 Å². The Bertz CT molecular complexity index is 1170. The predicted octanol–water partition coefficient (Wildman–Crippen LogP) is 3.94. The number of esters is 1. The lowest BCUT2D eigenvalue weighted by atomic mass is 10.1. The molecule has 0 heterocycles. The Morgan fingerprint density at radius 3 is 2.33 bits per heavy atom. The van der Waals surface area contributed by atoms with Crippen LogP contribution in [0.2, 0.25) is 0 Å². The van der Waals surface area contributed by atoms with Crippen molar-refractivity contribution in [1.82, 2.24) is 5.32 Å². The highest BCUT2D eigenvalue weighted by Gasteiger charge is 2.23. The Morgan fingerprint density at radius 2 is 1.61 bits per heavy atom. The van der Waals surface area contributed by atoms with Crippen molar-refractivity contribution in [3.05, 3.63) is 78.4 Å². The smallest absolute Gasteiger partial charge is 0.329 e. The lowest BCUT2D eigenvalue weighted by Crippen LogP contribution is -2.41. The van der Waals surface area contributed by atoms with E-state index in [2.05, 4.69) is 10.6 Å². The van der Waals surface area contributed by atoms with Gasteiger partial charge in [0.05, 0.1) is 7.11 Å². The molecule has 2 atom stereocenters. The Kier molecular flexibility index (Phi) is 7.81. The Morgan fingerprint density at radius 1 is 0.909 bits per heavy atom. The summed E-state index contributed by atoms with van der Waals surface area (Å²) in [6, 6.07) is 19.5. The molecule has 0 radical (unpaired) electrons. The number of amides is 2. The molecule has 3 aromatic carbocycles. The second-order valence-corrected chi connectivity index (χ2v) is 7.43. The van der Waals surface area contributed by atoms with Gasteiger partial charge in [-0.3, -0.25) is 9.59 Å². The van der Waals surface area contributed by atoms with Crippen LogP contribution in [0.3, 0.4) is 0 Å². The molecule has 0 saturated heterocycles. The Balaban J connectivity index is 1.52. The molecule has 2 amide bonds. The van der Waals surface area contributed by atoms with Crippen LogP contribution in [0.5, 0.6) is 5.75 Å². The third kappa shape index (κ3) is 6.43. The van der Waals surface area contributed by atoms with E-state index in [-0.39, 0.29) is 0 Å². The fourth-order valence-corrected chi connectivity index (χ4v) is 3.11. The van der Waals surface area contributed by atoms with E-state index in [0.717, 1.165) is 16.3 Å². The van der Waals surface area contributed by atoms with E-state index in [0.29, 0.717) is 11.4 Å². The summed E-state index contributed by atoms with van der Waals surface area (Å²) in [5.41, 5.74) is 1.44. The molecule has 0 aliphatic heterocycles. The molecule has 7 nitrogen and oxygen atoms in total. The summed E-state index contributed by atoms with van der Waals surface area (Å²) in [6.07, 6.45) is 1.90. The molecule has 2 unspecified atom stereocenters. The van der Waals surface area contributed by atoms with E-state index in [9.17, 15) is 14.4 Å². The fourth-order valence-electron chi connectivity index (χ4n) is 3.11. The van der Waals surface area contributed by atoms with Gasteiger partial charge in [-0.1, -0.05) is 48.5 Å². The predicted molar refractivity (Wildman–Crippen MR) is 128 cm³/mol. The van der Waals surface area contributed by atoms with Crippen molar-refractivity contribution in [3.8, 4) is 5.75 Å². The van der Waals surface area contributed by atoms with Crippen LogP contribution in [0.25, 0.3) is 16.8 Å². The van der Waals surface area contributed by atoms with Crippen LogP contribution < -0.4 is 15.4 Å². The van der Waals surface area contributed by atoms with E-state index in [4.69, 9.17) is 9.47 Å². The number of rotatable bonds is 8. The van der Waals surface area contributed by atoms with Gasteiger partial charge in [-0.15, -0.1) is 0 Å². The minimum Gasteiger partial charge on any atom is -0.497 e. The lowest BCUT2D eigenvalue weighted by molar-refractivity contribution is -0.155. The lowest BCUT2D eigenvalue weighted by Gasteiger charge is -2.17. The molecule has 3 rings (SSSR count). The molecule has 7 heteroatoms. The third-order valence-electron chi connectivity index (χ3n) is 4.96. The molecule has 3 aromatic rings. The fraction of sp³-hybridized carbons (Fsp3) is 0.192. The maximum absolute atomic E-state index is 12.5. The van der Waals surface area contributed by atoms with E-state index in [1.807, 2.05) is 36.4 Å². The van der Waals surface area contributed by atoms with Gasteiger partial charge in [0, 0.05) is 17.1 Å². The third-order valence-corrected chi connectivity index (χ3v) is 4.96. The number of fused-ring (bicyclic) bond motifs is 1. The zero-order valence-electron chi connectivity index (χ0n) is 18.7. The van der Waals surface area contributed by atoms with Crippen LogP contribution in [-0.2, 0) is 19.1 Å². The van der Waals surface area contributed by atoms with Gasteiger partial charge in [0.1, 0.15) is 11.8 Å². The average Bonchev–Trinajstić information content (AvgIpc) is 2.83. The minimum atomic E-state index is -1.04. The van der Waals surface area contributed by atoms with Gasteiger partial charge in [-0.05, 0) is 49.1 Å². The highest BCUT2D eigenvalue weighted by atomic mass is 16.5. The van der Waals surface area contributed by atoms with Crippen LogP contribution in [0.4, 0.5) is 5.69 Å². The molecule has 0 aliphatic carbocycles. The molecule has 170 valence electrons. The molecule has 0 saturated carbocycles. The number of carbonyl (C=O) groups excluding carboxylic acids is 3. The van der Waals surface area contributed by atoms with Gasteiger partial charge in [-0.2, -0.15) is 0 Å². The second-order valence-electron chi connectivity index (χ2n) is 7.43. The number of hydrogen-bond donors (Lipinski definition) is 2. The molecule has 0 aliphatic rings. The SMILES string of the molecule is COc1ccc(C=CC(=O)NC(C)C(=O)OC(C)C(=O)Nc2cccc3ccccc23)cc1. The van der Waals surface area contributed by atoms with Crippen LogP contribution in [0.1, 0.15) is 19.4 Å². The van der Waals surface area contributed by atoms with Crippen LogP contribution in [0, 0.1) is 0 Å². The normalized spacial score (nSPS) is 12.7. The molecular weight excluding hydrogens is 420 g/mol. The van der Waals surface area contributed by atoms with Crippen molar-refractivity contribution in [2.24, 2.45) is 0 Å². The zero-order chi connectivity index (χ0) is 23.8. The van der Waals surface area contributed by atoms with E-state index in [1.54, 1.807) is 43.5 Å². The summed E-state index contributed by atoms with van der Waals surface area (Å²) < 4.78 is 10.3. The van der Waals surface area contributed by atoms with Gasteiger partial charge in [0.15, 0.2) is 6.10 Å². The number of methoxy groups -OCH3 is 1. The summed E-state index contributed by atoms with van der Waals surface area (Å²) in [5.74, 6) is -0.908. The summed E-state index contributed by atoms with van der Waals surface area (Å²) in [4.78, 5) is 37.0. The first kappa shape index (κ1) is 23.5. The molecular formula is C26H26N2O5. The Labute approximate surface area is 192 Å². The monoisotopic (exact) mass is 446 g/mol. The standard InChI is InChI=1S/C26H26N2O5/c1-17(27-24(29)16-13-19-11-14-21(32-3)15-12-19)26(31)33-18(2)25(30)28-23-10-6-8-20-7-4-5-9-22(20)23/h4-18H,1-3H3,(H,27,29)(H,28,30). The first-order chi connectivity index (χ1) is 15.9. The van der Waals surface area contributed by atoms with Gasteiger partial charge in [-0.25, -0.2) is 4.79 Å². The van der Waals surface area contributed by atoms with Crippen molar-refractivity contribution in [1.29, 1.82) is 0 Å². The van der Waals surface area contributed by atoms with Crippen LogP contribution >= 0.6 is 0 Å². The number of hydrogen-bond acceptors (Lipinski definition) is 5. The average molecular weight is 447 g/mol. The van der Waals surface area contributed by atoms with Crippen LogP contribution in [-0.4, -0.2) is 37.0 Å². The Hall–Kier alpha value is -4.13. The highest BCUT2D eigenvalue weighted by Crippen LogP contribution is 2.23. The molecule has 0 spiro atoms. The number of carbonyl (C=O) groups is 3. The highest BCUT2D eigenvalue weighted by molar-refractivity contribution is 6.04. The molecule has 0 bridgehead atoms. The van der Waals surface area contributed by atoms with E-state index < -0.39 is 29.9 Å². The largest absolute Gasteiger partial charge is 0.497 e. The summed E-state index contributed by atoms with van der Waals surface area (Å²) >= 11 is 0. The molecule has 33 heavy (non-hydrogen) atoms. The van der Waals surface area contributed by atoms with Gasteiger partial charge < -0.3 is 20.1 Å². The molecule has 0 aromatic heterocycles. The second kappa shape index (κ2) is 10.9. The van der Waals surface area contributed by atoms with E-state index >= 15 is 0 Å². The van der Waals surface area contributed by atoms with Crippen molar-refractivity contribution in [2.45, 2.75) is 26.0 Å².